The Labute approximate surface area is 108 Å². The van der Waals surface area contributed by atoms with Gasteiger partial charge in [0, 0.05) is 25.1 Å². The summed E-state index contributed by atoms with van der Waals surface area (Å²) in [6.45, 7) is 1.58. The Morgan fingerprint density at radius 2 is 2.05 bits per heavy atom. The molecular weight excluding hydrogens is 250 g/mol. The molecule has 1 N–H and O–H groups in total. The van der Waals surface area contributed by atoms with Crippen LogP contribution >= 0.6 is 0 Å². The molecule has 0 saturated heterocycles. The van der Waals surface area contributed by atoms with Crippen molar-refractivity contribution in [2.75, 3.05) is 13.2 Å². The van der Waals surface area contributed by atoms with Crippen molar-refractivity contribution in [3.8, 4) is 11.5 Å². The molecule has 0 saturated carbocycles. The van der Waals surface area contributed by atoms with Crippen molar-refractivity contribution in [3.05, 3.63) is 12.1 Å². The zero-order valence-corrected chi connectivity index (χ0v) is 10.2. The standard InChI is InChI=1S/C12H13N3O4/c16-12(17)2-1-3-15-9-7-11-10(18-4-5-19-11)6-8(9)13-14-15/h6-7H,1-5H2,(H,16,17). The Bertz CT molecular complexity index is 623. The summed E-state index contributed by atoms with van der Waals surface area (Å²) < 4.78 is 12.7. The van der Waals surface area contributed by atoms with E-state index >= 15 is 0 Å². The minimum absolute atomic E-state index is 0.117. The van der Waals surface area contributed by atoms with Crippen LogP contribution in [0.1, 0.15) is 12.8 Å². The first kappa shape index (κ1) is 11.8. The minimum Gasteiger partial charge on any atom is -0.486 e. The molecule has 0 radical (unpaired) electrons. The van der Waals surface area contributed by atoms with Gasteiger partial charge in [-0.2, -0.15) is 0 Å². The van der Waals surface area contributed by atoms with Crippen LogP contribution in [0.2, 0.25) is 0 Å². The predicted molar refractivity (Wildman–Crippen MR) is 65.4 cm³/mol. The van der Waals surface area contributed by atoms with Gasteiger partial charge in [-0.25, -0.2) is 4.68 Å². The summed E-state index contributed by atoms with van der Waals surface area (Å²) in [7, 11) is 0. The highest BCUT2D eigenvalue weighted by atomic mass is 16.6. The first-order chi connectivity index (χ1) is 9.24. The van der Waals surface area contributed by atoms with E-state index in [1.54, 1.807) is 10.7 Å². The maximum atomic E-state index is 10.5. The number of benzene rings is 1. The molecule has 0 atom stereocenters. The van der Waals surface area contributed by atoms with Gasteiger partial charge >= 0.3 is 5.97 Å². The van der Waals surface area contributed by atoms with Crippen LogP contribution < -0.4 is 9.47 Å². The average Bonchev–Trinajstić information content (AvgIpc) is 2.78. The molecule has 0 bridgehead atoms. The van der Waals surface area contributed by atoms with Gasteiger partial charge in [-0.15, -0.1) is 5.10 Å². The Kier molecular flexibility index (Phi) is 2.94. The zero-order valence-electron chi connectivity index (χ0n) is 10.2. The van der Waals surface area contributed by atoms with Crippen LogP contribution in [-0.4, -0.2) is 39.3 Å². The van der Waals surface area contributed by atoms with E-state index in [4.69, 9.17) is 14.6 Å². The van der Waals surface area contributed by atoms with Crippen molar-refractivity contribution in [2.24, 2.45) is 0 Å². The monoisotopic (exact) mass is 263 g/mol. The van der Waals surface area contributed by atoms with Gasteiger partial charge < -0.3 is 14.6 Å². The van der Waals surface area contributed by atoms with E-state index in [1.807, 2.05) is 6.07 Å². The highest BCUT2D eigenvalue weighted by Gasteiger charge is 2.15. The molecule has 1 aromatic heterocycles. The number of nitrogens with zero attached hydrogens (tertiary/aromatic N) is 3. The summed E-state index contributed by atoms with van der Waals surface area (Å²) in [5, 5.41) is 16.7. The number of carboxylic acid groups (broad SMARTS) is 1. The van der Waals surface area contributed by atoms with Crippen LogP contribution in [-0.2, 0) is 11.3 Å². The number of aryl methyl sites for hydroxylation is 1. The van der Waals surface area contributed by atoms with E-state index in [-0.39, 0.29) is 6.42 Å². The Morgan fingerprint density at radius 3 is 2.79 bits per heavy atom. The van der Waals surface area contributed by atoms with E-state index in [0.717, 1.165) is 11.0 Å². The first-order valence-corrected chi connectivity index (χ1v) is 6.09. The quantitative estimate of drug-likeness (QED) is 0.887. The van der Waals surface area contributed by atoms with Crippen molar-refractivity contribution in [1.82, 2.24) is 15.0 Å². The summed E-state index contributed by atoms with van der Waals surface area (Å²) in [4.78, 5) is 10.5. The van der Waals surface area contributed by atoms with Gasteiger partial charge in [0.1, 0.15) is 18.7 Å². The molecule has 0 fully saturated rings. The fourth-order valence-electron chi connectivity index (χ4n) is 2.05. The van der Waals surface area contributed by atoms with Crippen LogP contribution in [0.25, 0.3) is 11.0 Å². The smallest absolute Gasteiger partial charge is 0.303 e. The second-order valence-corrected chi connectivity index (χ2v) is 4.29. The number of hydrogen-bond acceptors (Lipinski definition) is 5. The van der Waals surface area contributed by atoms with Gasteiger partial charge in [0.2, 0.25) is 0 Å². The molecular formula is C12H13N3O4. The summed E-state index contributed by atoms with van der Waals surface area (Å²) in [6, 6.07) is 3.63. The molecule has 2 heterocycles. The molecule has 1 aliphatic heterocycles. The molecule has 100 valence electrons. The van der Waals surface area contributed by atoms with E-state index < -0.39 is 5.97 Å². The molecule has 3 rings (SSSR count). The van der Waals surface area contributed by atoms with E-state index in [9.17, 15) is 4.79 Å². The van der Waals surface area contributed by atoms with Crippen LogP contribution in [0.15, 0.2) is 12.1 Å². The third-order valence-corrected chi connectivity index (χ3v) is 2.94. The van der Waals surface area contributed by atoms with Crippen LogP contribution in [0, 0.1) is 0 Å². The third kappa shape index (κ3) is 2.31. The number of ether oxygens (including phenoxy) is 2. The normalized spacial score (nSPS) is 13.7. The van der Waals surface area contributed by atoms with Crippen molar-refractivity contribution in [3.63, 3.8) is 0 Å². The first-order valence-electron chi connectivity index (χ1n) is 6.09. The van der Waals surface area contributed by atoms with Crippen molar-refractivity contribution < 1.29 is 19.4 Å². The fraction of sp³-hybridized carbons (Fsp3) is 0.417. The lowest BCUT2D eigenvalue weighted by Crippen LogP contribution is -2.15. The second kappa shape index (κ2) is 4.75. The molecule has 0 aliphatic carbocycles. The lowest BCUT2D eigenvalue weighted by Gasteiger charge is -2.17. The molecule has 2 aromatic rings. The molecule has 0 spiro atoms. The number of carboxylic acids is 1. The van der Waals surface area contributed by atoms with Gasteiger partial charge in [0.15, 0.2) is 11.5 Å². The highest BCUT2D eigenvalue weighted by Crippen LogP contribution is 2.33. The summed E-state index contributed by atoms with van der Waals surface area (Å²) in [5.41, 5.74) is 1.55. The topological polar surface area (TPSA) is 86.5 Å². The Balaban J connectivity index is 1.87. The van der Waals surface area contributed by atoms with Gasteiger partial charge in [0.05, 0.1) is 5.52 Å². The van der Waals surface area contributed by atoms with Crippen molar-refractivity contribution >= 4 is 17.0 Å². The maximum Gasteiger partial charge on any atom is 0.303 e. The third-order valence-electron chi connectivity index (χ3n) is 2.94. The molecule has 7 heteroatoms. The Morgan fingerprint density at radius 1 is 1.32 bits per heavy atom. The molecule has 0 amide bonds. The second-order valence-electron chi connectivity index (χ2n) is 4.29. The Hall–Kier alpha value is -2.31. The van der Waals surface area contributed by atoms with Gasteiger partial charge in [-0.05, 0) is 6.42 Å². The van der Waals surface area contributed by atoms with Crippen molar-refractivity contribution in [2.45, 2.75) is 19.4 Å². The largest absolute Gasteiger partial charge is 0.486 e. The average molecular weight is 263 g/mol. The number of aromatic nitrogens is 3. The SMILES string of the molecule is O=C(O)CCCn1nnc2cc3c(cc21)OCCO3. The number of fused-ring (bicyclic) bond motifs is 2. The lowest BCUT2D eigenvalue weighted by atomic mass is 10.2. The lowest BCUT2D eigenvalue weighted by molar-refractivity contribution is -0.137. The number of rotatable bonds is 4. The van der Waals surface area contributed by atoms with Crippen molar-refractivity contribution in [1.29, 1.82) is 0 Å². The van der Waals surface area contributed by atoms with Crippen LogP contribution in [0.5, 0.6) is 11.5 Å². The number of aliphatic carboxylic acids is 1. The number of hydrogen-bond donors (Lipinski definition) is 1. The van der Waals surface area contributed by atoms with Crippen LogP contribution in [0.3, 0.4) is 0 Å². The molecule has 0 unspecified atom stereocenters. The van der Waals surface area contributed by atoms with E-state index in [2.05, 4.69) is 10.3 Å². The van der Waals surface area contributed by atoms with E-state index in [1.165, 1.54) is 0 Å². The molecule has 19 heavy (non-hydrogen) atoms. The molecule has 7 nitrogen and oxygen atoms in total. The summed E-state index contributed by atoms with van der Waals surface area (Å²) >= 11 is 0. The maximum absolute atomic E-state index is 10.5. The predicted octanol–water partition coefficient (Wildman–Crippen LogP) is 1.07. The fourth-order valence-corrected chi connectivity index (χ4v) is 2.05. The zero-order chi connectivity index (χ0) is 13.2. The number of carbonyl (C=O) groups is 1. The summed E-state index contributed by atoms with van der Waals surface area (Å²) in [5.74, 6) is 0.551. The highest BCUT2D eigenvalue weighted by molar-refractivity contribution is 5.79. The van der Waals surface area contributed by atoms with Gasteiger partial charge in [-0.3, -0.25) is 4.79 Å². The molecule has 1 aliphatic rings. The van der Waals surface area contributed by atoms with Gasteiger partial charge in [-0.1, -0.05) is 5.21 Å². The summed E-state index contributed by atoms with van der Waals surface area (Å²) in [6.07, 6.45) is 0.633. The molecule has 1 aromatic carbocycles. The minimum atomic E-state index is -0.807. The van der Waals surface area contributed by atoms with E-state index in [0.29, 0.717) is 37.7 Å². The van der Waals surface area contributed by atoms with Crippen LogP contribution in [0.4, 0.5) is 0 Å². The van der Waals surface area contributed by atoms with Gasteiger partial charge in [0.25, 0.3) is 0 Å².